The number of halogens is 4. The van der Waals surface area contributed by atoms with Crippen molar-refractivity contribution in [2.45, 2.75) is 25.1 Å². The predicted octanol–water partition coefficient (Wildman–Crippen LogP) is 4.20. The molecule has 0 amide bonds. The highest BCUT2D eigenvalue weighted by atomic mass is 35.5. The monoisotopic (exact) mass is 357 g/mol. The lowest BCUT2D eigenvalue weighted by Gasteiger charge is -2.32. The number of para-hydroxylation sites is 1. The van der Waals surface area contributed by atoms with Crippen LogP contribution in [0.4, 0.5) is 19.1 Å². The van der Waals surface area contributed by atoms with Gasteiger partial charge in [-0.05, 0) is 18.2 Å². The van der Waals surface area contributed by atoms with Crippen LogP contribution >= 0.6 is 11.6 Å². The predicted molar refractivity (Wildman–Crippen MR) is 84.3 cm³/mol. The van der Waals surface area contributed by atoms with E-state index in [9.17, 15) is 13.2 Å². The molecule has 2 aromatic rings. The molecule has 3 rings (SSSR count). The summed E-state index contributed by atoms with van der Waals surface area (Å²) in [6.07, 6.45) is -2.05. The van der Waals surface area contributed by atoms with Gasteiger partial charge in [0.15, 0.2) is 0 Å². The van der Waals surface area contributed by atoms with Crippen LogP contribution < -0.4 is 9.64 Å². The second-order valence-corrected chi connectivity index (χ2v) is 5.88. The van der Waals surface area contributed by atoms with Gasteiger partial charge in [0.1, 0.15) is 17.5 Å². The highest BCUT2D eigenvalue weighted by Crippen LogP contribution is 2.30. The van der Waals surface area contributed by atoms with Gasteiger partial charge >= 0.3 is 6.18 Å². The maximum Gasteiger partial charge on any atom is 0.433 e. The zero-order chi connectivity index (χ0) is 17.2. The summed E-state index contributed by atoms with van der Waals surface area (Å²) in [6.45, 7) is 1.05. The van der Waals surface area contributed by atoms with Crippen molar-refractivity contribution in [1.29, 1.82) is 0 Å². The maximum absolute atomic E-state index is 12.7. The molecule has 2 heterocycles. The largest absolute Gasteiger partial charge is 0.489 e. The third-order valence-electron chi connectivity index (χ3n) is 3.79. The molecule has 0 saturated carbocycles. The van der Waals surface area contributed by atoms with E-state index in [1.807, 2.05) is 12.1 Å². The molecule has 24 heavy (non-hydrogen) atoms. The van der Waals surface area contributed by atoms with Crippen molar-refractivity contribution in [3.05, 3.63) is 47.2 Å². The van der Waals surface area contributed by atoms with Crippen LogP contribution in [0.25, 0.3) is 0 Å². The minimum absolute atomic E-state index is 0.0352. The Morgan fingerprint density at radius 2 is 1.83 bits per heavy atom. The van der Waals surface area contributed by atoms with Crippen molar-refractivity contribution >= 4 is 17.5 Å². The number of nitrogens with zero attached hydrogens (tertiary/aromatic N) is 3. The van der Waals surface area contributed by atoms with Crippen molar-refractivity contribution in [3.8, 4) is 5.75 Å². The molecule has 1 saturated heterocycles. The Morgan fingerprint density at radius 3 is 2.50 bits per heavy atom. The Balaban J connectivity index is 1.62. The van der Waals surface area contributed by atoms with Gasteiger partial charge in [0.25, 0.3) is 0 Å². The molecule has 0 radical (unpaired) electrons. The van der Waals surface area contributed by atoms with Crippen LogP contribution in [0.15, 0.2) is 36.5 Å². The van der Waals surface area contributed by atoms with Crippen LogP contribution in [0.3, 0.4) is 0 Å². The number of benzene rings is 1. The smallest absolute Gasteiger partial charge is 0.433 e. The molecule has 0 unspecified atom stereocenters. The van der Waals surface area contributed by atoms with Gasteiger partial charge in [-0.2, -0.15) is 13.2 Å². The molecule has 1 aliphatic rings. The van der Waals surface area contributed by atoms with Crippen LogP contribution in [-0.4, -0.2) is 29.2 Å². The highest BCUT2D eigenvalue weighted by Gasteiger charge is 2.33. The van der Waals surface area contributed by atoms with Gasteiger partial charge in [0, 0.05) is 32.1 Å². The van der Waals surface area contributed by atoms with E-state index in [0.29, 0.717) is 36.7 Å². The summed E-state index contributed by atoms with van der Waals surface area (Å²) >= 11 is 6.07. The Hall–Kier alpha value is -2.02. The fourth-order valence-electron chi connectivity index (χ4n) is 2.55. The van der Waals surface area contributed by atoms with E-state index in [2.05, 4.69) is 9.97 Å². The van der Waals surface area contributed by atoms with E-state index in [4.69, 9.17) is 16.3 Å². The lowest BCUT2D eigenvalue weighted by atomic mass is 10.1. The first kappa shape index (κ1) is 16.8. The molecule has 1 fully saturated rings. The first-order valence-corrected chi connectivity index (χ1v) is 7.87. The molecule has 1 aromatic heterocycles. The Labute approximate surface area is 142 Å². The molecule has 0 N–H and O–H groups in total. The molecule has 8 heteroatoms. The van der Waals surface area contributed by atoms with Gasteiger partial charge < -0.3 is 9.64 Å². The number of rotatable bonds is 3. The van der Waals surface area contributed by atoms with Crippen LogP contribution in [-0.2, 0) is 6.18 Å². The minimum Gasteiger partial charge on any atom is -0.489 e. The van der Waals surface area contributed by atoms with Crippen molar-refractivity contribution < 1.29 is 17.9 Å². The third-order valence-corrected chi connectivity index (χ3v) is 4.10. The second kappa shape index (κ2) is 6.84. The van der Waals surface area contributed by atoms with Crippen molar-refractivity contribution in [2.75, 3.05) is 18.0 Å². The molecule has 0 atom stereocenters. The Bertz CT molecular complexity index is 703. The molecular formula is C16H15ClF3N3O. The summed E-state index contributed by atoms with van der Waals surface area (Å²) in [6, 6.07) is 8.08. The average molecular weight is 358 g/mol. The van der Waals surface area contributed by atoms with E-state index in [-0.39, 0.29) is 12.1 Å². The molecule has 0 bridgehead atoms. The highest BCUT2D eigenvalue weighted by molar-refractivity contribution is 6.32. The fourth-order valence-corrected chi connectivity index (χ4v) is 2.73. The fraction of sp³-hybridized carbons (Fsp3) is 0.375. The van der Waals surface area contributed by atoms with Gasteiger partial charge in [-0.25, -0.2) is 9.97 Å². The summed E-state index contributed by atoms with van der Waals surface area (Å²) < 4.78 is 44.1. The van der Waals surface area contributed by atoms with Crippen molar-refractivity contribution in [2.24, 2.45) is 0 Å². The number of aromatic nitrogens is 2. The number of alkyl halides is 3. The molecule has 128 valence electrons. The molecule has 0 spiro atoms. The summed E-state index contributed by atoms with van der Waals surface area (Å²) in [7, 11) is 0. The zero-order valence-corrected chi connectivity index (χ0v) is 13.4. The second-order valence-electron chi connectivity index (χ2n) is 5.47. The van der Waals surface area contributed by atoms with Gasteiger partial charge in [0.2, 0.25) is 5.95 Å². The average Bonchev–Trinajstić information content (AvgIpc) is 2.57. The topological polar surface area (TPSA) is 38.2 Å². The first-order valence-electron chi connectivity index (χ1n) is 7.50. The van der Waals surface area contributed by atoms with Crippen LogP contribution in [0, 0.1) is 0 Å². The van der Waals surface area contributed by atoms with Crippen LogP contribution in [0.1, 0.15) is 18.5 Å². The van der Waals surface area contributed by atoms with E-state index in [0.717, 1.165) is 12.3 Å². The number of ether oxygens (including phenoxy) is 1. The lowest BCUT2D eigenvalue weighted by molar-refractivity contribution is -0.141. The number of piperidine rings is 1. The maximum atomic E-state index is 12.7. The minimum atomic E-state index is -4.47. The molecule has 4 nitrogen and oxygen atoms in total. The van der Waals surface area contributed by atoms with Crippen molar-refractivity contribution in [1.82, 2.24) is 9.97 Å². The summed E-state index contributed by atoms with van der Waals surface area (Å²) in [4.78, 5) is 9.31. The summed E-state index contributed by atoms with van der Waals surface area (Å²) in [5.41, 5.74) is -0.929. The number of anilines is 1. The first-order chi connectivity index (χ1) is 11.4. The summed E-state index contributed by atoms with van der Waals surface area (Å²) in [5.74, 6) is 0.717. The number of hydrogen-bond donors (Lipinski definition) is 0. The van der Waals surface area contributed by atoms with Crippen LogP contribution in [0.5, 0.6) is 5.75 Å². The van der Waals surface area contributed by atoms with Gasteiger partial charge in [-0.15, -0.1) is 0 Å². The lowest BCUT2D eigenvalue weighted by Crippen LogP contribution is -2.39. The van der Waals surface area contributed by atoms with Crippen LogP contribution in [0.2, 0.25) is 5.02 Å². The van der Waals surface area contributed by atoms with Crippen molar-refractivity contribution in [3.63, 3.8) is 0 Å². The van der Waals surface area contributed by atoms with E-state index < -0.39 is 11.9 Å². The third kappa shape index (κ3) is 3.90. The van der Waals surface area contributed by atoms with Gasteiger partial charge in [0.05, 0.1) is 5.02 Å². The molecule has 1 aliphatic heterocycles. The van der Waals surface area contributed by atoms with Gasteiger partial charge in [-0.1, -0.05) is 23.7 Å². The molecule has 1 aromatic carbocycles. The normalized spacial score (nSPS) is 16.2. The standard InChI is InChI=1S/C16H15ClF3N3O/c17-12-3-1-2-4-13(12)24-11-6-9-23(10-7-11)15-21-8-5-14(22-15)16(18,19)20/h1-5,8,11H,6-7,9-10H2. The zero-order valence-electron chi connectivity index (χ0n) is 12.6. The quantitative estimate of drug-likeness (QED) is 0.825. The molecular weight excluding hydrogens is 343 g/mol. The van der Waals surface area contributed by atoms with E-state index in [1.54, 1.807) is 17.0 Å². The summed E-state index contributed by atoms with van der Waals surface area (Å²) in [5, 5.41) is 0.543. The SMILES string of the molecule is FC(F)(F)c1ccnc(N2CCC(Oc3ccccc3Cl)CC2)n1. The van der Waals surface area contributed by atoms with E-state index >= 15 is 0 Å². The van der Waals surface area contributed by atoms with E-state index in [1.165, 1.54) is 0 Å². The van der Waals surface area contributed by atoms with Gasteiger partial charge in [-0.3, -0.25) is 0 Å². The Morgan fingerprint density at radius 1 is 1.12 bits per heavy atom. The Kier molecular flexibility index (Phi) is 4.80. The molecule has 0 aliphatic carbocycles. The number of hydrogen-bond acceptors (Lipinski definition) is 4.